The minimum absolute atomic E-state index is 0.259. The SMILES string of the molecule is O=C(NS(=O)(=O)Cc1cccnc1)C1Cc2cccnc2C1. The van der Waals surface area contributed by atoms with Crippen LogP contribution in [0, 0.1) is 5.92 Å². The van der Waals surface area contributed by atoms with Crippen molar-refractivity contribution in [2.24, 2.45) is 5.92 Å². The predicted molar refractivity (Wildman–Crippen MR) is 80.1 cm³/mol. The van der Waals surface area contributed by atoms with Crippen LogP contribution < -0.4 is 4.72 Å². The standard InChI is InChI=1S/C15H15N3O3S/c19-15(13-7-12-4-2-6-17-14(12)8-13)18-22(20,21)10-11-3-1-5-16-9-11/h1-6,9,13H,7-8,10H2,(H,18,19). The van der Waals surface area contributed by atoms with Crippen LogP contribution in [0.25, 0.3) is 0 Å². The van der Waals surface area contributed by atoms with Gasteiger partial charge in [-0.1, -0.05) is 12.1 Å². The fraction of sp³-hybridized carbons (Fsp3) is 0.267. The summed E-state index contributed by atoms with van der Waals surface area (Å²) in [6.45, 7) is 0. The summed E-state index contributed by atoms with van der Waals surface area (Å²) < 4.78 is 26.3. The number of aromatic nitrogens is 2. The van der Waals surface area contributed by atoms with Gasteiger partial charge < -0.3 is 0 Å². The van der Waals surface area contributed by atoms with E-state index in [1.165, 1.54) is 6.20 Å². The van der Waals surface area contributed by atoms with Gasteiger partial charge >= 0.3 is 0 Å². The first-order valence-electron chi connectivity index (χ1n) is 6.89. The van der Waals surface area contributed by atoms with Crippen LogP contribution in [0.2, 0.25) is 0 Å². The van der Waals surface area contributed by atoms with Gasteiger partial charge in [0, 0.05) is 36.6 Å². The van der Waals surface area contributed by atoms with Crippen molar-refractivity contribution in [3.8, 4) is 0 Å². The first-order valence-corrected chi connectivity index (χ1v) is 8.55. The molecule has 1 N–H and O–H groups in total. The number of sulfonamides is 1. The topological polar surface area (TPSA) is 89.0 Å². The maximum absolute atomic E-state index is 12.2. The first-order chi connectivity index (χ1) is 10.5. The van der Waals surface area contributed by atoms with Crippen LogP contribution in [0.5, 0.6) is 0 Å². The normalized spacial score (nSPS) is 17.0. The van der Waals surface area contributed by atoms with Crippen LogP contribution >= 0.6 is 0 Å². The number of amides is 1. The summed E-state index contributed by atoms with van der Waals surface area (Å²) in [5.74, 6) is -1.11. The number of carbonyl (C=O) groups excluding carboxylic acids is 1. The van der Waals surface area contributed by atoms with Crippen molar-refractivity contribution in [2.75, 3.05) is 0 Å². The van der Waals surface area contributed by atoms with E-state index in [9.17, 15) is 13.2 Å². The molecule has 0 saturated heterocycles. The van der Waals surface area contributed by atoms with Crippen molar-refractivity contribution in [3.05, 3.63) is 59.7 Å². The Kier molecular flexibility index (Phi) is 3.89. The lowest BCUT2D eigenvalue weighted by molar-refractivity contribution is -0.122. The van der Waals surface area contributed by atoms with Crippen molar-refractivity contribution in [3.63, 3.8) is 0 Å². The molecule has 0 spiro atoms. The van der Waals surface area contributed by atoms with Gasteiger partial charge in [-0.15, -0.1) is 0 Å². The molecule has 1 amide bonds. The molecular formula is C15H15N3O3S. The minimum atomic E-state index is -3.72. The summed E-state index contributed by atoms with van der Waals surface area (Å²) in [5.41, 5.74) is 2.42. The van der Waals surface area contributed by atoms with Gasteiger partial charge in [0.05, 0.1) is 5.75 Å². The molecule has 0 radical (unpaired) electrons. The maximum Gasteiger partial charge on any atom is 0.239 e. The maximum atomic E-state index is 12.2. The molecule has 2 aromatic rings. The number of carbonyl (C=O) groups is 1. The molecule has 1 atom stereocenters. The second kappa shape index (κ2) is 5.84. The second-order valence-electron chi connectivity index (χ2n) is 5.30. The van der Waals surface area contributed by atoms with E-state index in [2.05, 4.69) is 14.7 Å². The van der Waals surface area contributed by atoms with E-state index in [1.54, 1.807) is 24.5 Å². The first kappa shape index (κ1) is 14.6. The van der Waals surface area contributed by atoms with Crippen molar-refractivity contribution >= 4 is 15.9 Å². The number of pyridine rings is 2. The number of fused-ring (bicyclic) bond motifs is 1. The lowest BCUT2D eigenvalue weighted by Gasteiger charge is -2.10. The van der Waals surface area contributed by atoms with Gasteiger partial charge in [-0.3, -0.25) is 19.5 Å². The summed E-state index contributed by atoms with van der Waals surface area (Å²) in [6, 6.07) is 7.05. The number of hydrogen-bond donors (Lipinski definition) is 1. The number of nitrogens with one attached hydrogen (secondary N) is 1. The van der Waals surface area contributed by atoms with Crippen LogP contribution in [0.3, 0.4) is 0 Å². The van der Waals surface area contributed by atoms with Crippen LogP contribution in [0.1, 0.15) is 16.8 Å². The molecule has 6 nitrogen and oxygen atoms in total. The summed E-state index contributed by atoms with van der Waals surface area (Å²) in [7, 11) is -3.72. The highest BCUT2D eigenvalue weighted by Gasteiger charge is 2.30. The fourth-order valence-corrected chi connectivity index (χ4v) is 3.73. The van der Waals surface area contributed by atoms with E-state index >= 15 is 0 Å². The molecule has 1 aliphatic rings. The van der Waals surface area contributed by atoms with Gasteiger partial charge in [-0.05, 0) is 29.7 Å². The highest BCUT2D eigenvalue weighted by molar-refractivity contribution is 7.89. The van der Waals surface area contributed by atoms with E-state index < -0.39 is 15.9 Å². The highest BCUT2D eigenvalue weighted by Crippen LogP contribution is 2.24. The average Bonchev–Trinajstić information content (AvgIpc) is 2.91. The van der Waals surface area contributed by atoms with Gasteiger partial charge in [-0.25, -0.2) is 8.42 Å². The molecule has 7 heteroatoms. The second-order valence-corrected chi connectivity index (χ2v) is 7.02. The lowest BCUT2D eigenvalue weighted by Crippen LogP contribution is -2.36. The summed E-state index contributed by atoms with van der Waals surface area (Å²) >= 11 is 0. The molecule has 3 rings (SSSR count). The molecular weight excluding hydrogens is 302 g/mol. The molecule has 1 unspecified atom stereocenters. The zero-order chi connectivity index (χ0) is 15.6. The Labute approximate surface area is 128 Å². The monoisotopic (exact) mass is 317 g/mol. The molecule has 0 aromatic carbocycles. The quantitative estimate of drug-likeness (QED) is 0.902. The van der Waals surface area contributed by atoms with Crippen LogP contribution in [-0.2, 0) is 33.4 Å². The van der Waals surface area contributed by atoms with E-state index in [0.29, 0.717) is 18.4 Å². The zero-order valence-corrected chi connectivity index (χ0v) is 12.6. The van der Waals surface area contributed by atoms with Crippen LogP contribution in [0.4, 0.5) is 0 Å². The molecule has 0 saturated carbocycles. The summed E-state index contributed by atoms with van der Waals surface area (Å²) in [6.07, 6.45) is 5.72. The Morgan fingerprint density at radius 3 is 2.77 bits per heavy atom. The molecule has 0 fully saturated rings. The predicted octanol–water partition coefficient (Wildman–Crippen LogP) is 0.838. The largest absolute Gasteiger partial charge is 0.274 e. The number of rotatable bonds is 4. The Hall–Kier alpha value is -2.28. The average molecular weight is 317 g/mol. The summed E-state index contributed by atoms with van der Waals surface area (Å²) in [5, 5.41) is 0. The molecule has 114 valence electrons. The molecule has 1 aliphatic carbocycles. The van der Waals surface area contributed by atoms with Gasteiger partial charge in [-0.2, -0.15) is 0 Å². The van der Waals surface area contributed by atoms with Gasteiger partial charge in [0.25, 0.3) is 0 Å². The van der Waals surface area contributed by atoms with E-state index in [0.717, 1.165) is 11.3 Å². The lowest BCUT2D eigenvalue weighted by atomic mass is 10.1. The van der Waals surface area contributed by atoms with Crippen LogP contribution in [-0.4, -0.2) is 24.3 Å². The Balaban J connectivity index is 1.65. The van der Waals surface area contributed by atoms with Crippen LogP contribution in [0.15, 0.2) is 42.9 Å². The van der Waals surface area contributed by atoms with Crippen molar-refractivity contribution in [2.45, 2.75) is 18.6 Å². The van der Waals surface area contributed by atoms with Gasteiger partial charge in [0.1, 0.15) is 0 Å². The molecule has 22 heavy (non-hydrogen) atoms. The Morgan fingerprint density at radius 1 is 1.23 bits per heavy atom. The molecule has 0 aliphatic heterocycles. The van der Waals surface area contributed by atoms with Crippen molar-refractivity contribution in [1.29, 1.82) is 0 Å². The molecule has 0 bridgehead atoms. The smallest absolute Gasteiger partial charge is 0.239 e. The van der Waals surface area contributed by atoms with E-state index in [1.807, 2.05) is 12.1 Å². The number of nitrogens with zero attached hydrogens (tertiary/aromatic N) is 2. The zero-order valence-electron chi connectivity index (χ0n) is 11.8. The summed E-state index contributed by atoms with van der Waals surface area (Å²) in [4.78, 5) is 20.3. The van der Waals surface area contributed by atoms with Gasteiger partial charge in [0.15, 0.2) is 0 Å². The fourth-order valence-electron chi connectivity index (χ4n) is 2.57. The highest BCUT2D eigenvalue weighted by atomic mass is 32.2. The van der Waals surface area contributed by atoms with E-state index in [4.69, 9.17) is 0 Å². The third-order valence-electron chi connectivity index (χ3n) is 3.60. The van der Waals surface area contributed by atoms with Crippen molar-refractivity contribution < 1.29 is 13.2 Å². The van der Waals surface area contributed by atoms with Gasteiger partial charge in [0.2, 0.25) is 15.9 Å². The van der Waals surface area contributed by atoms with E-state index in [-0.39, 0.29) is 11.7 Å². The Morgan fingerprint density at radius 2 is 2.05 bits per heavy atom. The third-order valence-corrected chi connectivity index (χ3v) is 4.82. The molecule has 2 aromatic heterocycles. The molecule has 2 heterocycles. The Bertz CT molecular complexity index is 766. The van der Waals surface area contributed by atoms with Crippen molar-refractivity contribution in [1.82, 2.24) is 14.7 Å². The number of hydrogen-bond acceptors (Lipinski definition) is 5. The third kappa shape index (κ3) is 3.30. The minimum Gasteiger partial charge on any atom is -0.274 e.